The average Bonchev–Trinajstić information content (AvgIpc) is 2.32. The molecule has 2 atom stereocenters. The molecule has 0 radical (unpaired) electrons. The number of aliphatic hydroxyl groups is 1. The zero-order valence-electron chi connectivity index (χ0n) is 11.1. The van der Waals surface area contributed by atoms with Gasteiger partial charge < -0.3 is 15.7 Å². The molecular weight excluding hydrogens is 232 g/mol. The first-order chi connectivity index (χ1) is 8.63. The van der Waals surface area contributed by atoms with Crippen LogP contribution in [0.4, 0.5) is 0 Å². The summed E-state index contributed by atoms with van der Waals surface area (Å²) in [5.41, 5.74) is 0. The molecule has 1 aliphatic rings. The van der Waals surface area contributed by atoms with Gasteiger partial charge in [-0.15, -0.1) is 0 Å². The van der Waals surface area contributed by atoms with Gasteiger partial charge in [0.15, 0.2) is 0 Å². The van der Waals surface area contributed by atoms with E-state index >= 15 is 0 Å². The molecule has 0 bridgehead atoms. The van der Waals surface area contributed by atoms with Crippen LogP contribution in [0.1, 0.15) is 51.9 Å². The molecule has 0 spiro atoms. The summed E-state index contributed by atoms with van der Waals surface area (Å²) in [6.45, 7) is 2.49. The molecule has 3 N–H and O–H groups in total. The van der Waals surface area contributed by atoms with Crippen LogP contribution in [0.3, 0.4) is 0 Å². The van der Waals surface area contributed by atoms with Crippen LogP contribution in [0, 0.1) is 0 Å². The van der Waals surface area contributed by atoms with Crippen molar-refractivity contribution in [3.05, 3.63) is 0 Å². The highest BCUT2D eigenvalue weighted by Crippen LogP contribution is 2.18. The van der Waals surface area contributed by atoms with Crippen molar-refractivity contribution in [1.29, 1.82) is 0 Å². The van der Waals surface area contributed by atoms with Gasteiger partial charge in [-0.2, -0.15) is 0 Å². The smallest absolute Gasteiger partial charge is 0.220 e. The number of hydrogen-bond donors (Lipinski definition) is 3. The molecule has 0 heterocycles. The van der Waals surface area contributed by atoms with E-state index in [1.807, 2.05) is 6.92 Å². The molecule has 0 aliphatic heterocycles. The van der Waals surface area contributed by atoms with E-state index in [1.54, 1.807) is 0 Å². The van der Waals surface area contributed by atoms with Crippen molar-refractivity contribution in [2.45, 2.75) is 64.0 Å². The fourth-order valence-electron chi connectivity index (χ4n) is 2.25. The Morgan fingerprint density at radius 1 is 1.17 bits per heavy atom. The molecule has 1 fully saturated rings. The quantitative estimate of drug-likeness (QED) is 0.655. The first kappa shape index (κ1) is 15.0. The number of rotatable bonds is 6. The molecule has 0 aromatic carbocycles. The molecule has 0 aromatic heterocycles. The lowest BCUT2D eigenvalue weighted by atomic mass is 9.92. The largest absolute Gasteiger partial charge is 0.391 e. The monoisotopic (exact) mass is 256 g/mol. The van der Waals surface area contributed by atoms with E-state index in [-0.39, 0.29) is 17.9 Å². The minimum Gasteiger partial charge on any atom is -0.391 e. The van der Waals surface area contributed by atoms with E-state index in [2.05, 4.69) is 10.6 Å². The molecular formula is C13H24N2O3. The fraction of sp³-hybridized carbons (Fsp3) is 0.846. The summed E-state index contributed by atoms with van der Waals surface area (Å²) in [6, 6.07) is -0.101. The second kappa shape index (κ2) is 8.08. The number of amides is 2. The summed E-state index contributed by atoms with van der Waals surface area (Å²) in [7, 11) is 0. The number of nitrogens with one attached hydrogen (secondary N) is 2. The highest BCUT2D eigenvalue weighted by Gasteiger charge is 2.24. The van der Waals surface area contributed by atoms with Crippen molar-refractivity contribution in [1.82, 2.24) is 10.6 Å². The molecule has 104 valence electrons. The molecule has 1 saturated carbocycles. The maximum Gasteiger partial charge on any atom is 0.220 e. The number of aliphatic hydroxyl groups excluding tert-OH is 1. The van der Waals surface area contributed by atoms with Gasteiger partial charge in [0.05, 0.1) is 12.1 Å². The molecule has 2 unspecified atom stereocenters. The van der Waals surface area contributed by atoms with Crippen LogP contribution in [0.25, 0.3) is 0 Å². The van der Waals surface area contributed by atoms with Crippen molar-refractivity contribution in [3.63, 3.8) is 0 Å². The normalized spacial score (nSPS) is 23.4. The summed E-state index contributed by atoms with van der Waals surface area (Å²) >= 11 is 0. The van der Waals surface area contributed by atoms with Gasteiger partial charge in [0.25, 0.3) is 0 Å². The number of carbonyl (C=O) groups excluding carboxylic acids is 2. The Bertz CT molecular complexity index is 281. The van der Waals surface area contributed by atoms with E-state index in [1.165, 1.54) is 0 Å². The molecule has 5 nitrogen and oxygen atoms in total. The Kier molecular flexibility index (Phi) is 6.72. The Balaban J connectivity index is 2.15. The Morgan fingerprint density at radius 3 is 2.50 bits per heavy atom. The predicted molar refractivity (Wildman–Crippen MR) is 68.9 cm³/mol. The van der Waals surface area contributed by atoms with E-state index < -0.39 is 6.10 Å². The number of hydrogen-bond acceptors (Lipinski definition) is 3. The first-order valence-corrected chi connectivity index (χ1v) is 6.87. The Labute approximate surface area is 108 Å². The van der Waals surface area contributed by atoms with Crippen molar-refractivity contribution in [3.8, 4) is 0 Å². The third-order valence-corrected chi connectivity index (χ3v) is 3.26. The van der Waals surface area contributed by atoms with E-state index in [9.17, 15) is 14.7 Å². The van der Waals surface area contributed by atoms with E-state index in [0.717, 1.165) is 25.7 Å². The SMILES string of the molecule is CCNC(=O)CCCC(=O)NC1CCCCC1O. The summed E-state index contributed by atoms with van der Waals surface area (Å²) in [6.07, 6.45) is 4.58. The van der Waals surface area contributed by atoms with Crippen molar-refractivity contribution in [2.24, 2.45) is 0 Å². The van der Waals surface area contributed by atoms with Gasteiger partial charge in [-0.25, -0.2) is 0 Å². The van der Waals surface area contributed by atoms with Crippen LogP contribution < -0.4 is 10.6 Å². The maximum atomic E-state index is 11.6. The molecule has 1 aliphatic carbocycles. The lowest BCUT2D eigenvalue weighted by Crippen LogP contribution is -2.45. The van der Waals surface area contributed by atoms with Crippen LogP contribution in [0.5, 0.6) is 0 Å². The molecule has 2 amide bonds. The lowest BCUT2D eigenvalue weighted by Gasteiger charge is -2.28. The third kappa shape index (κ3) is 5.49. The Hall–Kier alpha value is -1.10. The second-order valence-electron chi connectivity index (χ2n) is 4.83. The Morgan fingerprint density at radius 2 is 1.83 bits per heavy atom. The summed E-state index contributed by atoms with van der Waals surface area (Å²) in [5.74, 6) is -0.0757. The zero-order valence-corrected chi connectivity index (χ0v) is 11.1. The standard InChI is InChI=1S/C13H24N2O3/c1-2-14-12(17)8-5-9-13(18)15-10-6-3-4-7-11(10)16/h10-11,16H,2-9H2,1H3,(H,14,17)(H,15,18). The number of carbonyl (C=O) groups is 2. The van der Waals surface area contributed by atoms with Crippen LogP contribution in [-0.2, 0) is 9.59 Å². The van der Waals surface area contributed by atoms with Crippen LogP contribution in [0.2, 0.25) is 0 Å². The molecule has 5 heteroatoms. The predicted octanol–water partition coefficient (Wildman–Crippen LogP) is 0.712. The highest BCUT2D eigenvalue weighted by atomic mass is 16.3. The van der Waals surface area contributed by atoms with Gasteiger partial charge in [-0.1, -0.05) is 12.8 Å². The van der Waals surface area contributed by atoms with Crippen LogP contribution >= 0.6 is 0 Å². The van der Waals surface area contributed by atoms with Gasteiger partial charge >= 0.3 is 0 Å². The summed E-state index contributed by atoms with van der Waals surface area (Å²) in [4.78, 5) is 22.8. The lowest BCUT2D eigenvalue weighted by molar-refractivity contribution is -0.123. The highest BCUT2D eigenvalue weighted by molar-refractivity contribution is 5.79. The van der Waals surface area contributed by atoms with Gasteiger partial charge in [0.2, 0.25) is 11.8 Å². The average molecular weight is 256 g/mol. The second-order valence-corrected chi connectivity index (χ2v) is 4.83. The topological polar surface area (TPSA) is 78.4 Å². The molecule has 0 aromatic rings. The van der Waals surface area contributed by atoms with Gasteiger partial charge in [-0.05, 0) is 26.2 Å². The minimum absolute atomic E-state index is 0.0111. The van der Waals surface area contributed by atoms with Crippen molar-refractivity contribution < 1.29 is 14.7 Å². The van der Waals surface area contributed by atoms with Gasteiger partial charge in [-0.3, -0.25) is 9.59 Å². The molecule has 0 saturated heterocycles. The van der Waals surface area contributed by atoms with Crippen molar-refractivity contribution in [2.75, 3.05) is 6.54 Å². The maximum absolute atomic E-state index is 11.6. The van der Waals surface area contributed by atoms with E-state index in [0.29, 0.717) is 25.8 Å². The molecule has 18 heavy (non-hydrogen) atoms. The fourth-order valence-corrected chi connectivity index (χ4v) is 2.25. The zero-order chi connectivity index (χ0) is 13.4. The third-order valence-electron chi connectivity index (χ3n) is 3.26. The first-order valence-electron chi connectivity index (χ1n) is 6.87. The van der Waals surface area contributed by atoms with Crippen LogP contribution in [-0.4, -0.2) is 35.6 Å². The van der Waals surface area contributed by atoms with Crippen molar-refractivity contribution >= 4 is 11.8 Å². The van der Waals surface area contributed by atoms with E-state index in [4.69, 9.17) is 0 Å². The molecule has 1 rings (SSSR count). The van der Waals surface area contributed by atoms with Gasteiger partial charge in [0.1, 0.15) is 0 Å². The minimum atomic E-state index is -0.411. The summed E-state index contributed by atoms with van der Waals surface area (Å²) < 4.78 is 0. The van der Waals surface area contributed by atoms with Gasteiger partial charge in [0, 0.05) is 19.4 Å². The summed E-state index contributed by atoms with van der Waals surface area (Å²) in [5, 5.41) is 15.3. The van der Waals surface area contributed by atoms with Crippen LogP contribution in [0.15, 0.2) is 0 Å².